The van der Waals surface area contributed by atoms with Crippen LogP contribution in [0.4, 0.5) is 5.69 Å². The third-order valence-electron chi connectivity index (χ3n) is 7.71. The third-order valence-corrected chi connectivity index (χ3v) is 8.53. The Balaban J connectivity index is 1.40. The van der Waals surface area contributed by atoms with Crippen LogP contribution in [-0.4, -0.2) is 58.3 Å². The lowest BCUT2D eigenvalue weighted by Crippen LogP contribution is -2.39. The number of piperidine rings is 1. The number of hydrogen-bond donors (Lipinski definition) is 1. The highest BCUT2D eigenvalue weighted by Crippen LogP contribution is 2.41. The number of carbonyl (C=O) groups excluding carboxylic acids is 2. The number of aromatic nitrogens is 3. The van der Waals surface area contributed by atoms with Crippen molar-refractivity contribution in [3.63, 3.8) is 0 Å². The van der Waals surface area contributed by atoms with Crippen molar-refractivity contribution >= 4 is 40.8 Å². The van der Waals surface area contributed by atoms with Crippen molar-refractivity contribution in [3.05, 3.63) is 92.3 Å². The van der Waals surface area contributed by atoms with E-state index in [4.69, 9.17) is 37.7 Å². The molecule has 2 aromatic heterocycles. The molecule has 1 atom stereocenters. The van der Waals surface area contributed by atoms with Gasteiger partial charge in [-0.05, 0) is 44.5 Å². The normalized spacial score (nSPS) is 15.0. The Hall–Kier alpha value is -4.25. The molecule has 0 bridgehead atoms. The van der Waals surface area contributed by atoms with Crippen LogP contribution in [0.2, 0.25) is 10.0 Å². The second-order valence-corrected chi connectivity index (χ2v) is 11.4. The van der Waals surface area contributed by atoms with E-state index in [1.165, 1.54) is 19.3 Å². The van der Waals surface area contributed by atoms with Gasteiger partial charge in [-0.3, -0.25) is 19.3 Å². The number of benzene rings is 2. The van der Waals surface area contributed by atoms with E-state index in [-0.39, 0.29) is 22.5 Å². The van der Waals surface area contributed by atoms with Crippen LogP contribution >= 0.6 is 23.2 Å². The van der Waals surface area contributed by atoms with E-state index < -0.39 is 11.5 Å². The number of pyridine rings is 1. The molecule has 0 spiro atoms. The Labute approximate surface area is 270 Å². The number of esters is 1. The first-order chi connectivity index (χ1) is 21.7. The van der Waals surface area contributed by atoms with Crippen LogP contribution in [0.1, 0.15) is 35.7 Å². The zero-order valence-electron chi connectivity index (χ0n) is 25.2. The van der Waals surface area contributed by atoms with Gasteiger partial charge in [-0.2, -0.15) is 5.10 Å². The fourth-order valence-electron chi connectivity index (χ4n) is 5.45. The summed E-state index contributed by atoms with van der Waals surface area (Å²) >= 11 is 13.8. The smallest absolute Gasteiger partial charge is 0.310 e. The van der Waals surface area contributed by atoms with Crippen molar-refractivity contribution in [1.82, 2.24) is 19.7 Å². The molecule has 1 fully saturated rings. The standard InChI is InChI=1S/C33H33Cl2N5O5/c1-4-45-33(43)21-8-7-17-40(19-21)18-20-13-14-26(38-31(20)44-3)24-11-5-9-22(28(24)34)23-10-6-12-27(29(23)35)37-30(41)25-15-16-36-39(2)32(25)42/h5-6,9-16,21H,4,7-8,17-19H2,1-3H3,(H,37,41). The quantitative estimate of drug-likeness (QED) is 0.225. The number of halogens is 2. The summed E-state index contributed by atoms with van der Waals surface area (Å²) in [4.78, 5) is 44.6. The maximum Gasteiger partial charge on any atom is 0.310 e. The topological polar surface area (TPSA) is 116 Å². The van der Waals surface area contributed by atoms with Gasteiger partial charge in [-0.25, -0.2) is 9.67 Å². The summed E-state index contributed by atoms with van der Waals surface area (Å²) in [6.07, 6.45) is 3.11. The summed E-state index contributed by atoms with van der Waals surface area (Å²) in [5.74, 6) is -0.420. The molecule has 45 heavy (non-hydrogen) atoms. The van der Waals surface area contributed by atoms with Gasteiger partial charge in [0.05, 0.1) is 41.1 Å². The Kier molecular flexibility index (Phi) is 10.2. The number of hydrogen-bond acceptors (Lipinski definition) is 8. The minimum absolute atomic E-state index is 0.0587. The highest BCUT2D eigenvalue weighted by Gasteiger charge is 2.27. The Morgan fingerprint density at radius 2 is 1.76 bits per heavy atom. The minimum atomic E-state index is -0.603. The van der Waals surface area contributed by atoms with Crippen LogP contribution in [0.15, 0.2) is 65.6 Å². The van der Waals surface area contributed by atoms with Crippen LogP contribution in [0.25, 0.3) is 22.4 Å². The number of methoxy groups -OCH3 is 1. The van der Waals surface area contributed by atoms with E-state index >= 15 is 0 Å². The first kappa shape index (κ1) is 32.2. The first-order valence-corrected chi connectivity index (χ1v) is 15.3. The van der Waals surface area contributed by atoms with E-state index in [0.717, 1.165) is 29.6 Å². The van der Waals surface area contributed by atoms with Gasteiger partial charge in [0.15, 0.2) is 0 Å². The van der Waals surface area contributed by atoms with Gasteiger partial charge in [-0.15, -0.1) is 0 Å². The van der Waals surface area contributed by atoms with Gasteiger partial charge in [0.2, 0.25) is 5.88 Å². The Bertz CT molecular complexity index is 1790. The van der Waals surface area contributed by atoms with Crippen molar-refractivity contribution < 1.29 is 19.1 Å². The number of rotatable bonds is 9. The average molecular weight is 651 g/mol. The number of anilines is 1. The molecule has 10 nitrogen and oxygen atoms in total. The fourth-order valence-corrected chi connectivity index (χ4v) is 6.05. The van der Waals surface area contributed by atoms with Crippen molar-refractivity contribution in [3.8, 4) is 28.3 Å². The number of amides is 1. The lowest BCUT2D eigenvalue weighted by Gasteiger charge is -2.31. The largest absolute Gasteiger partial charge is 0.481 e. The molecule has 12 heteroatoms. The van der Waals surface area contributed by atoms with Crippen LogP contribution in [0.5, 0.6) is 5.88 Å². The maximum atomic E-state index is 12.9. The number of nitrogens with one attached hydrogen (secondary N) is 1. The Morgan fingerprint density at radius 3 is 2.51 bits per heavy atom. The van der Waals surface area contributed by atoms with Crippen molar-refractivity contribution in [2.75, 3.05) is 32.1 Å². The summed E-state index contributed by atoms with van der Waals surface area (Å²) in [5.41, 5.74) is 3.15. The van der Waals surface area contributed by atoms with E-state index in [1.54, 1.807) is 25.3 Å². The lowest BCUT2D eigenvalue weighted by molar-refractivity contribution is -0.150. The molecule has 3 heterocycles. The van der Waals surface area contributed by atoms with E-state index in [2.05, 4.69) is 15.3 Å². The van der Waals surface area contributed by atoms with Gasteiger partial charge in [0.25, 0.3) is 11.5 Å². The monoisotopic (exact) mass is 649 g/mol. The average Bonchev–Trinajstić information content (AvgIpc) is 3.04. The molecule has 1 aliphatic rings. The molecule has 0 aliphatic carbocycles. The van der Waals surface area contributed by atoms with Gasteiger partial charge >= 0.3 is 5.97 Å². The van der Waals surface area contributed by atoms with Crippen molar-refractivity contribution in [1.29, 1.82) is 0 Å². The highest BCUT2D eigenvalue weighted by atomic mass is 35.5. The van der Waals surface area contributed by atoms with E-state index in [9.17, 15) is 14.4 Å². The molecule has 1 N–H and O–H groups in total. The molecule has 1 aliphatic heterocycles. The molecule has 5 rings (SSSR count). The molecular formula is C33H33Cl2N5O5. The number of ether oxygens (including phenoxy) is 2. The maximum absolute atomic E-state index is 12.9. The highest BCUT2D eigenvalue weighted by molar-refractivity contribution is 6.39. The second-order valence-electron chi connectivity index (χ2n) is 10.7. The first-order valence-electron chi connectivity index (χ1n) is 14.6. The van der Waals surface area contributed by atoms with Crippen LogP contribution in [0.3, 0.4) is 0 Å². The van der Waals surface area contributed by atoms with Gasteiger partial charge in [-0.1, -0.05) is 59.6 Å². The molecular weight excluding hydrogens is 617 g/mol. The van der Waals surface area contributed by atoms with Crippen molar-refractivity contribution in [2.45, 2.75) is 26.3 Å². The second kappa shape index (κ2) is 14.2. The molecule has 0 saturated carbocycles. The number of likely N-dealkylation sites (tertiary alicyclic amines) is 1. The molecule has 1 unspecified atom stereocenters. The number of aryl methyl sites for hydroxylation is 1. The van der Waals surface area contributed by atoms with E-state index in [1.807, 2.05) is 37.3 Å². The summed E-state index contributed by atoms with van der Waals surface area (Å²) in [5, 5.41) is 7.26. The predicted molar refractivity (Wildman–Crippen MR) is 174 cm³/mol. The molecule has 2 aromatic carbocycles. The molecule has 1 saturated heterocycles. The number of nitrogens with zero attached hydrogens (tertiary/aromatic N) is 4. The van der Waals surface area contributed by atoms with Crippen LogP contribution in [0, 0.1) is 5.92 Å². The zero-order chi connectivity index (χ0) is 32.1. The molecule has 1 amide bonds. The summed E-state index contributed by atoms with van der Waals surface area (Å²) in [6.45, 7) is 4.27. The summed E-state index contributed by atoms with van der Waals surface area (Å²) < 4.78 is 12.0. The van der Waals surface area contributed by atoms with E-state index in [0.29, 0.717) is 58.7 Å². The third kappa shape index (κ3) is 7.03. The summed E-state index contributed by atoms with van der Waals surface area (Å²) in [7, 11) is 3.05. The predicted octanol–water partition coefficient (Wildman–Crippen LogP) is 5.85. The lowest BCUT2D eigenvalue weighted by atomic mass is 9.97. The Morgan fingerprint density at radius 1 is 1.02 bits per heavy atom. The minimum Gasteiger partial charge on any atom is -0.481 e. The summed E-state index contributed by atoms with van der Waals surface area (Å²) in [6, 6.07) is 15.9. The van der Waals surface area contributed by atoms with Crippen LogP contribution < -0.4 is 15.6 Å². The molecule has 4 aromatic rings. The van der Waals surface area contributed by atoms with Gasteiger partial charge in [0, 0.05) is 48.6 Å². The molecule has 0 radical (unpaired) electrons. The SMILES string of the molecule is CCOC(=O)C1CCCN(Cc2ccc(-c3cccc(-c4cccc(NC(=O)c5ccnn(C)c5=O)c4Cl)c3Cl)nc2OC)C1. The van der Waals surface area contributed by atoms with Crippen LogP contribution in [-0.2, 0) is 23.1 Å². The van der Waals surface area contributed by atoms with Gasteiger partial charge < -0.3 is 14.8 Å². The van der Waals surface area contributed by atoms with Gasteiger partial charge in [0.1, 0.15) is 5.56 Å². The fraction of sp³-hybridized carbons (Fsp3) is 0.303. The zero-order valence-corrected chi connectivity index (χ0v) is 26.7. The molecule has 234 valence electrons. The number of carbonyl (C=O) groups is 2. The van der Waals surface area contributed by atoms with Crippen molar-refractivity contribution in [2.24, 2.45) is 13.0 Å².